The summed E-state index contributed by atoms with van der Waals surface area (Å²) in [4.78, 5) is 32.2. The first kappa shape index (κ1) is 18.9. The lowest BCUT2D eigenvalue weighted by molar-refractivity contribution is -0.385. The van der Waals surface area contributed by atoms with Gasteiger partial charge in [-0.2, -0.15) is 0 Å². The van der Waals surface area contributed by atoms with Gasteiger partial charge in [0.1, 0.15) is 5.56 Å². The molecule has 1 amide bonds. The summed E-state index contributed by atoms with van der Waals surface area (Å²) in [6, 6.07) is 13.7. The molecule has 0 aliphatic carbocycles. The predicted octanol–water partition coefficient (Wildman–Crippen LogP) is 3.80. The molecule has 0 fully saturated rings. The highest BCUT2D eigenvalue weighted by molar-refractivity contribution is 7.22. The van der Waals surface area contributed by atoms with Crippen molar-refractivity contribution >= 4 is 38.3 Å². The van der Waals surface area contributed by atoms with Crippen LogP contribution in [0.4, 0.5) is 10.8 Å². The van der Waals surface area contributed by atoms with Gasteiger partial charge in [-0.05, 0) is 45.3 Å². The third-order valence-corrected chi connectivity index (χ3v) is 5.14. The zero-order valence-electron chi connectivity index (χ0n) is 15.2. The molecule has 0 saturated carbocycles. The largest absolute Gasteiger partial charge is 0.309 e. The van der Waals surface area contributed by atoms with Crippen LogP contribution < -0.4 is 4.90 Å². The lowest BCUT2D eigenvalue weighted by Gasteiger charge is -2.21. The first-order chi connectivity index (χ1) is 13.0. The monoisotopic (exact) mass is 384 g/mol. The molecule has 27 heavy (non-hydrogen) atoms. The molecule has 0 N–H and O–H groups in total. The Morgan fingerprint density at radius 1 is 1.11 bits per heavy atom. The number of para-hydroxylation sites is 2. The molecule has 0 radical (unpaired) electrons. The summed E-state index contributed by atoms with van der Waals surface area (Å²) in [6.07, 6.45) is 0.731. The number of amides is 1. The molecule has 3 rings (SSSR count). The first-order valence-corrected chi connectivity index (χ1v) is 9.34. The van der Waals surface area contributed by atoms with E-state index in [-0.39, 0.29) is 11.3 Å². The molecule has 0 bridgehead atoms. The van der Waals surface area contributed by atoms with Crippen LogP contribution in [-0.4, -0.2) is 47.9 Å². The van der Waals surface area contributed by atoms with Crippen LogP contribution in [0.15, 0.2) is 48.5 Å². The highest BCUT2D eigenvalue weighted by atomic mass is 32.1. The number of hydrogen-bond donors (Lipinski definition) is 0. The van der Waals surface area contributed by atoms with Crippen molar-refractivity contribution in [2.45, 2.75) is 6.42 Å². The second-order valence-electron chi connectivity index (χ2n) is 6.35. The average Bonchev–Trinajstić information content (AvgIpc) is 3.08. The van der Waals surface area contributed by atoms with Crippen molar-refractivity contribution in [2.24, 2.45) is 0 Å². The molecule has 0 atom stereocenters. The van der Waals surface area contributed by atoms with Gasteiger partial charge in [0.25, 0.3) is 11.6 Å². The lowest BCUT2D eigenvalue weighted by Crippen LogP contribution is -2.33. The minimum absolute atomic E-state index is 0.0756. The molecule has 3 aromatic rings. The van der Waals surface area contributed by atoms with Gasteiger partial charge in [-0.25, -0.2) is 4.98 Å². The second-order valence-corrected chi connectivity index (χ2v) is 7.36. The first-order valence-electron chi connectivity index (χ1n) is 8.53. The fraction of sp³-hybridized carbons (Fsp3) is 0.263. The van der Waals surface area contributed by atoms with Crippen molar-refractivity contribution in [3.63, 3.8) is 0 Å². The fourth-order valence-electron chi connectivity index (χ4n) is 2.76. The molecule has 0 unspecified atom stereocenters. The molecular weight excluding hydrogens is 364 g/mol. The van der Waals surface area contributed by atoms with E-state index >= 15 is 0 Å². The van der Waals surface area contributed by atoms with Crippen LogP contribution in [0.1, 0.15) is 16.8 Å². The van der Waals surface area contributed by atoms with Crippen LogP contribution in [-0.2, 0) is 0 Å². The molecule has 1 aromatic heterocycles. The standard InChI is InChI=1S/C19H20N4O3S/c1-21(2)12-7-13-22(19-20-15-9-4-6-11-17(15)27-19)18(24)14-8-3-5-10-16(14)23(25)26/h3-6,8-11H,7,12-13H2,1-2H3. The van der Waals surface area contributed by atoms with Gasteiger partial charge in [0, 0.05) is 12.6 Å². The van der Waals surface area contributed by atoms with Crippen LogP contribution in [0.25, 0.3) is 10.2 Å². The number of nitro groups is 1. The van der Waals surface area contributed by atoms with Crippen molar-refractivity contribution in [3.8, 4) is 0 Å². The van der Waals surface area contributed by atoms with E-state index in [0.29, 0.717) is 11.7 Å². The maximum atomic E-state index is 13.2. The van der Waals surface area contributed by atoms with Gasteiger partial charge in [-0.1, -0.05) is 35.6 Å². The minimum Gasteiger partial charge on any atom is -0.309 e. The Hall–Kier alpha value is -2.84. The Balaban J connectivity index is 1.98. The predicted molar refractivity (Wildman–Crippen MR) is 108 cm³/mol. The van der Waals surface area contributed by atoms with E-state index in [1.807, 2.05) is 43.3 Å². The lowest BCUT2D eigenvalue weighted by atomic mass is 10.1. The Bertz CT molecular complexity index is 937. The number of anilines is 1. The number of carbonyl (C=O) groups excluding carboxylic acids is 1. The summed E-state index contributed by atoms with van der Waals surface area (Å²) in [7, 11) is 3.93. The maximum Gasteiger partial charge on any atom is 0.282 e. The summed E-state index contributed by atoms with van der Waals surface area (Å²) in [5.74, 6) is -0.403. The molecule has 0 saturated heterocycles. The van der Waals surface area contributed by atoms with E-state index in [4.69, 9.17) is 0 Å². The third-order valence-electron chi connectivity index (χ3n) is 4.08. The summed E-state index contributed by atoms with van der Waals surface area (Å²) < 4.78 is 0.973. The number of hydrogen-bond acceptors (Lipinski definition) is 6. The normalized spacial score (nSPS) is 11.1. The number of aromatic nitrogens is 1. The highest BCUT2D eigenvalue weighted by Gasteiger charge is 2.27. The summed E-state index contributed by atoms with van der Waals surface area (Å²) in [5.41, 5.74) is 0.693. The van der Waals surface area contributed by atoms with Gasteiger partial charge in [0.2, 0.25) is 0 Å². The Morgan fingerprint density at radius 3 is 2.52 bits per heavy atom. The number of rotatable bonds is 7. The number of benzene rings is 2. The fourth-order valence-corrected chi connectivity index (χ4v) is 3.75. The van der Waals surface area contributed by atoms with Crippen LogP contribution in [0.5, 0.6) is 0 Å². The summed E-state index contributed by atoms with van der Waals surface area (Å²) >= 11 is 1.41. The highest BCUT2D eigenvalue weighted by Crippen LogP contribution is 2.31. The van der Waals surface area contributed by atoms with Gasteiger partial charge in [-0.15, -0.1) is 0 Å². The van der Waals surface area contributed by atoms with Crippen molar-refractivity contribution < 1.29 is 9.72 Å². The summed E-state index contributed by atoms with van der Waals surface area (Å²) in [6.45, 7) is 1.23. The molecule has 0 aliphatic rings. The van der Waals surface area contributed by atoms with Gasteiger partial charge in [0.05, 0.1) is 15.1 Å². The molecule has 140 valence electrons. The van der Waals surface area contributed by atoms with E-state index in [9.17, 15) is 14.9 Å². The molecule has 7 nitrogen and oxygen atoms in total. The zero-order valence-corrected chi connectivity index (χ0v) is 16.0. The zero-order chi connectivity index (χ0) is 19.4. The van der Waals surface area contributed by atoms with E-state index in [1.165, 1.54) is 23.5 Å². The van der Waals surface area contributed by atoms with Crippen LogP contribution in [0, 0.1) is 10.1 Å². The van der Waals surface area contributed by atoms with Gasteiger partial charge < -0.3 is 4.90 Å². The summed E-state index contributed by atoms with van der Waals surface area (Å²) in [5, 5.41) is 11.9. The number of nitrogens with zero attached hydrogens (tertiary/aromatic N) is 4. The van der Waals surface area contributed by atoms with Crippen LogP contribution >= 0.6 is 11.3 Å². The molecule has 8 heteroatoms. The van der Waals surface area contributed by atoms with E-state index in [2.05, 4.69) is 4.98 Å². The van der Waals surface area contributed by atoms with E-state index in [0.717, 1.165) is 23.2 Å². The van der Waals surface area contributed by atoms with Crippen LogP contribution in [0.3, 0.4) is 0 Å². The Labute approximate surface area is 161 Å². The average molecular weight is 384 g/mol. The van der Waals surface area contributed by atoms with Crippen molar-refractivity contribution in [1.29, 1.82) is 0 Å². The molecule has 1 heterocycles. The second kappa shape index (κ2) is 8.24. The Kier molecular flexibility index (Phi) is 5.78. The number of nitro benzene ring substituents is 1. The third kappa shape index (κ3) is 4.29. The molecule has 0 spiro atoms. The van der Waals surface area contributed by atoms with Crippen molar-refractivity contribution in [2.75, 3.05) is 32.1 Å². The number of fused-ring (bicyclic) bond motifs is 1. The maximum absolute atomic E-state index is 13.2. The molecular formula is C19H20N4O3S. The van der Waals surface area contributed by atoms with Gasteiger partial charge in [-0.3, -0.25) is 19.8 Å². The van der Waals surface area contributed by atoms with E-state index in [1.54, 1.807) is 17.0 Å². The SMILES string of the molecule is CN(C)CCCN(C(=O)c1ccccc1[N+](=O)[O-])c1nc2ccccc2s1. The minimum atomic E-state index is -0.524. The number of carbonyl (C=O) groups is 1. The van der Waals surface area contributed by atoms with Crippen molar-refractivity contribution in [1.82, 2.24) is 9.88 Å². The smallest absolute Gasteiger partial charge is 0.282 e. The molecule has 0 aliphatic heterocycles. The Morgan fingerprint density at radius 2 is 1.81 bits per heavy atom. The molecule has 2 aromatic carbocycles. The van der Waals surface area contributed by atoms with Crippen molar-refractivity contribution in [3.05, 3.63) is 64.2 Å². The quantitative estimate of drug-likeness (QED) is 0.457. The van der Waals surface area contributed by atoms with E-state index < -0.39 is 10.8 Å². The van der Waals surface area contributed by atoms with Gasteiger partial charge in [0.15, 0.2) is 5.13 Å². The topological polar surface area (TPSA) is 79.6 Å². The number of thiazole rings is 1. The van der Waals surface area contributed by atoms with Gasteiger partial charge >= 0.3 is 0 Å². The van der Waals surface area contributed by atoms with Crippen LogP contribution in [0.2, 0.25) is 0 Å².